The van der Waals surface area contributed by atoms with Gasteiger partial charge in [0.15, 0.2) is 0 Å². The van der Waals surface area contributed by atoms with E-state index in [-0.39, 0.29) is 6.42 Å². The van der Waals surface area contributed by atoms with E-state index in [2.05, 4.69) is 20.1 Å². The monoisotopic (exact) mass is 340 g/mol. The molecule has 1 aliphatic rings. The summed E-state index contributed by atoms with van der Waals surface area (Å²) >= 11 is 0. The summed E-state index contributed by atoms with van der Waals surface area (Å²) < 4.78 is 19.4. The van der Waals surface area contributed by atoms with E-state index in [1.807, 2.05) is 12.1 Å². The Morgan fingerprint density at radius 1 is 1.28 bits per heavy atom. The third kappa shape index (κ3) is 2.98. The molecular weight excluding hydrogens is 323 g/mol. The van der Waals surface area contributed by atoms with Crippen LogP contribution in [0.25, 0.3) is 22.2 Å². The molecule has 128 valence electrons. The van der Waals surface area contributed by atoms with Crippen LogP contribution in [0.4, 0.5) is 10.2 Å². The molecule has 0 unspecified atom stereocenters. The Morgan fingerprint density at radius 2 is 2.12 bits per heavy atom. The Labute approximate surface area is 143 Å². The molecule has 0 spiro atoms. The number of carbonyl (C=O) groups excluding carboxylic acids is 1. The fourth-order valence-electron chi connectivity index (χ4n) is 3.08. The minimum absolute atomic E-state index is 0.0434. The average Bonchev–Trinajstić information content (AvgIpc) is 3.06. The van der Waals surface area contributed by atoms with Crippen molar-refractivity contribution in [3.05, 3.63) is 41.8 Å². The third-order valence-electron chi connectivity index (χ3n) is 4.39. The highest BCUT2D eigenvalue weighted by Gasteiger charge is 2.16. The number of halogens is 1. The van der Waals surface area contributed by atoms with Gasteiger partial charge in [-0.3, -0.25) is 5.10 Å². The Bertz CT molecular complexity index is 919. The lowest BCUT2D eigenvalue weighted by atomic mass is 10.0. The largest absolute Gasteiger partial charge is 0.378 e. The van der Waals surface area contributed by atoms with Gasteiger partial charge in [0.25, 0.3) is 0 Å². The van der Waals surface area contributed by atoms with Gasteiger partial charge in [-0.25, -0.2) is 9.37 Å². The minimum atomic E-state index is -0.404. The summed E-state index contributed by atoms with van der Waals surface area (Å²) in [6, 6.07) is 6.92. The summed E-state index contributed by atoms with van der Waals surface area (Å²) in [5.74, 6) is 0.464. The Balaban J connectivity index is 1.76. The van der Waals surface area contributed by atoms with Crippen LogP contribution >= 0.6 is 0 Å². The molecule has 1 N–H and O–H groups in total. The van der Waals surface area contributed by atoms with E-state index in [0.29, 0.717) is 30.6 Å². The van der Waals surface area contributed by atoms with Gasteiger partial charge < -0.3 is 14.4 Å². The van der Waals surface area contributed by atoms with Gasteiger partial charge in [0, 0.05) is 36.7 Å². The van der Waals surface area contributed by atoms with E-state index < -0.39 is 5.82 Å². The van der Waals surface area contributed by atoms with Crippen LogP contribution in [-0.4, -0.2) is 47.8 Å². The van der Waals surface area contributed by atoms with Gasteiger partial charge in [-0.05, 0) is 29.8 Å². The van der Waals surface area contributed by atoms with Gasteiger partial charge in [0.2, 0.25) is 0 Å². The Kier molecular flexibility index (Phi) is 4.15. The number of rotatable bonds is 4. The number of aromatic amines is 1. The van der Waals surface area contributed by atoms with Crippen LogP contribution in [0, 0.1) is 5.82 Å². The number of benzene rings is 1. The molecule has 2 aromatic heterocycles. The van der Waals surface area contributed by atoms with Crippen molar-refractivity contribution in [1.82, 2.24) is 15.2 Å². The predicted molar refractivity (Wildman–Crippen MR) is 92.1 cm³/mol. The zero-order chi connectivity index (χ0) is 17.2. The molecule has 3 aromatic rings. The molecule has 0 radical (unpaired) electrons. The lowest BCUT2D eigenvalue weighted by Crippen LogP contribution is -2.36. The van der Waals surface area contributed by atoms with Crippen LogP contribution in [0.5, 0.6) is 0 Å². The van der Waals surface area contributed by atoms with Crippen molar-refractivity contribution < 1.29 is 13.9 Å². The number of hydrogen-bond acceptors (Lipinski definition) is 5. The molecule has 1 saturated heterocycles. The van der Waals surface area contributed by atoms with E-state index in [1.165, 1.54) is 6.07 Å². The minimum Gasteiger partial charge on any atom is -0.378 e. The third-order valence-corrected chi connectivity index (χ3v) is 4.39. The van der Waals surface area contributed by atoms with E-state index in [9.17, 15) is 9.18 Å². The number of H-pyrrole nitrogens is 1. The first kappa shape index (κ1) is 15.7. The highest BCUT2D eigenvalue weighted by atomic mass is 19.1. The number of nitrogens with one attached hydrogen (secondary N) is 1. The van der Waals surface area contributed by atoms with Gasteiger partial charge in [-0.2, -0.15) is 5.10 Å². The molecule has 1 aliphatic heterocycles. The molecule has 7 heteroatoms. The molecule has 0 amide bonds. The second kappa shape index (κ2) is 6.60. The number of pyridine rings is 1. The molecule has 3 heterocycles. The SMILES string of the molecule is O=CCc1cc2c(-c3ccnc(N4CCOCC4)c3)n[nH]c2cc1F. The summed E-state index contributed by atoms with van der Waals surface area (Å²) in [5, 5.41) is 8.00. The number of fused-ring (bicyclic) bond motifs is 1. The molecule has 1 aromatic carbocycles. The van der Waals surface area contributed by atoms with Crippen LogP contribution in [-0.2, 0) is 16.0 Å². The molecule has 0 bridgehead atoms. The molecule has 0 saturated carbocycles. The lowest BCUT2D eigenvalue weighted by Gasteiger charge is -2.27. The Hall–Kier alpha value is -2.80. The van der Waals surface area contributed by atoms with E-state index in [4.69, 9.17) is 4.74 Å². The summed E-state index contributed by atoms with van der Waals surface area (Å²) in [4.78, 5) is 17.4. The maximum absolute atomic E-state index is 14.0. The smallest absolute Gasteiger partial charge is 0.129 e. The second-order valence-electron chi connectivity index (χ2n) is 5.93. The van der Waals surface area contributed by atoms with E-state index in [1.54, 1.807) is 12.3 Å². The van der Waals surface area contributed by atoms with Crippen LogP contribution < -0.4 is 4.90 Å². The summed E-state index contributed by atoms with van der Waals surface area (Å²) in [6.45, 7) is 2.97. The van der Waals surface area contributed by atoms with Crippen molar-refractivity contribution in [1.29, 1.82) is 0 Å². The molecule has 0 atom stereocenters. The number of ether oxygens (including phenoxy) is 1. The topological polar surface area (TPSA) is 71.1 Å². The highest BCUT2D eigenvalue weighted by molar-refractivity contribution is 5.94. The quantitative estimate of drug-likeness (QED) is 0.738. The number of aromatic nitrogens is 3. The standard InChI is InChI=1S/C18H17FN4O2/c19-15-11-16-14(9-12(15)2-6-24)18(22-21-16)13-1-3-20-17(10-13)23-4-7-25-8-5-23/h1,3,6,9-11H,2,4-5,7-8H2,(H,21,22). The van der Waals surface area contributed by atoms with Gasteiger partial charge in [0.05, 0.1) is 18.7 Å². The van der Waals surface area contributed by atoms with Gasteiger partial charge >= 0.3 is 0 Å². The van der Waals surface area contributed by atoms with Gasteiger partial charge in [-0.15, -0.1) is 0 Å². The first-order valence-corrected chi connectivity index (χ1v) is 8.15. The zero-order valence-electron chi connectivity index (χ0n) is 13.5. The van der Waals surface area contributed by atoms with Crippen molar-refractivity contribution in [2.75, 3.05) is 31.2 Å². The van der Waals surface area contributed by atoms with Crippen molar-refractivity contribution in [2.45, 2.75) is 6.42 Å². The first-order valence-electron chi connectivity index (χ1n) is 8.15. The predicted octanol–water partition coefficient (Wildman–Crippen LogP) is 2.34. The van der Waals surface area contributed by atoms with E-state index >= 15 is 0 Å². The second-order valence-corrected chi connectivity index (χ2v) is 5.93. The van der Waals surface area contributed by atoms with Crippen molar-refractivity contribution >= 4 is 23.0 Å². The lowest BCUT2D eigenvalue weighted by molar-refractivity contribution is -0.107. The van der Waals surface area contributed by atoms with Gasteiger partial charge in [0.1, 0.15) is 23.6 Å². The Morgan fingerprint density at radius 3 is 2.92 bits per heavy atom. The fraction of sp³-hybridized carbons (Fsp3) is 0.278. The maximum Gasteiger partial charge on any atom is 0.129 e. The fourth-order valence-corrected chi connectivity index (χ4v) is 3.08. The van der Waals surface area contributed by atoms with Crippen LogP contribution in [0.1, 0.15) is 5.56 Å². The summed E-state index contributed by atoms with van der Waals surface area (Å²) in [5.41, 5.74) is 2.59. The molecule has 25 heavy (non-hydrogen) atoms. The van der Waals surface area contributed by atoms with Crippen molar-refractivity contribution in [3.8, 4) is 11.3 Å². The first-order chi connectivity index (χ1) is 12.3. The molecule has 4 rings (SSSR count). The normalized spacial score (nSPS) is 14.8. The molecule has 6 nitrogen and oxygen atoms in total. The van der Waals surface area contributed by atoms with Crippen molar-refractivity contribution in [3.63, 3.8) is 0 Å². The average molecular weight is 340 g/mol. The highest BCUT2D eigenvalue weighted by Crippen LogP contribution is 2.30. The summed E-state index contributed by atoms with van der Waals surface area (Å²) in [6.07, 6.45) is 2.49. The number of morpholine rings is 1. The van der Waals surface area contributed by atoms with Crippen LogP contribution in [0.15, 0.2) is 30.5 Å². The number of carbonyl (C=O) groups is 1. The summed E-state index contributed by atoms with van der Waals surface area (Å²) in [7, 11) is 0. The van der Waals surface area contributed by atoms with Crippen molar-refractivity contribution in [2.24, 2.45) is 0 Å². The van der Waals surface area contributed by atoms with Crippen LogP contribution in [0.2, 0.25) is 0 Å². The van der Waals surface area contributed by atoms with Crippen LogP contribution in [0.3, 0.4) is 0 Å². The number of aldehydes is 1. The molecule has 0 aliphatic carbocycles. The maximum atomic E-state index is 14.0. The zero-order valence-corrected chi connectivity index (χ0v) is 13.5. The van der Waals surface area contributed by atoms with Gasteiger partial charge in [-0.1, -0.05) is 0 Å². The number of nitrogens with zero attached hydrogens (tertiary/aromatic N) is 3. The van der Waals surface area contributed by atoms with E-state index in [0.717, 1.165) is 35.6 Å². The number of hydrogen-bond donors (Lipinski definition) is 1. The number of anilines is 1. The molecule has 1 fully saturated rings. The molecular formula is C18H17FN4O2.